The third-order valence-corrected chi connectivity index (χ3v) is 5.15. The van der Waals surface area contributed by atoms with E-state index < -0.39 is 5.97 Å². The van der Waals surface area contributed by atoms with Gasteiger partial charge in [-0.25, -0.2) is 4.98 Å². The zero-order valence-electron chi connectivity index (χ0n) is 15.6. The first-order chi connectivity index (χ1) is 12.6. The topological polar surface area (TPSA) is 58.4 Å². The lowest BCUT2D eigenvalue weighted by atomic mass is 9.97. The molecule has 1 saturated heterocycles. The molecule has 1 aliphatic rings. The molecule has 1 unspecified atom stereocenters. The van der Waals surface area contributed by atoms with Gasteiger partial charge in [0.15, 0.2) is 0 Å². The van der Waals surface area contributed by atoms with Crippen LogP contribution in [0, 0.1) is 12.8 Å². The van der Waals surface area contributed by atoms with Crippen LogP contribution >= 0.6 is 0 Å². The third kappa shape index (κ3) is 4.22. The van der Waals surface area contributed by atoms with Crippen molar-refractivity contribution in [3.05, 3.63) is 59.7 Å². The van der Waals surface area contributed by atoms with Crippen molar-refractivity contribution in [2.24, 2.45) is 13.0 Å². The van der Waals surface area contributed by atoms with Crippen molar-refractivity contribution in [1.29, 1.82) is 0 Å². The molecule has 0 saturated carbocycles. The number of aryl methyl sites for hydroxylation is 2. The van der Waals surface area contributed by atoms with Crippen molar-refractivity contribution in [3.8, 4) is 0 Å². The highest BCUT2D eigenvalue weighted by Gasteiger charge is 2.24. The van der Waals surface area contributed by atoms with Crippen LogP contribution in [0.25, 0.3) is 5.57 Å². The van der Waals surface area contributed by atoms with E-state index >= 15 is 0 Å². The van der Waals surface area contributed by atoms with Crippen LogP contribution in [0.15, 0.2) is 42.7 Å². The number of carboxylic acid groups (broad SMARTS) is 1. The number of benzene rings is 1. The van der Waals surface area contributed by atoms with Crippen molar-refractivity contribution in [1.82, 2.24) is 14.5 Å². The molecule has 5 nitrogen and oxygen atoms in total. The van der Waals surface area contributed by atoms with Gasteiger partial charge in [0, 0.05) is 38.1 Å². The Morgan fingerprint density at radius 2 is 2.19 bits per heavy atom. The Balaban J connectivity index is 1.77. The summed E-state index contributed by atoms with van der Waals surface area (Å²) in [7, 11) is 2.01. The highest BCUT2D eigenvalue weighted by atomic mass is 16.4. The second-order valence-corrected chi connectivity index (χ2v) is 7.06. The number of nitrogens with zero attached hydrogens (tertiary/aromatic N) is 3. The molecule has 138 valence electrons. The minimum Gasteiger partial charge on any atom is -0.481 e. The van der Waals surface area contributed by atoms with Crippen LogP contribution in [0.4, 0.5) is 0 Å². The van der Waals surface area contributed by atoms with Gasteiger partial charge in [-0.1, -0.05) is 30.3 Å². The molecule has 1 atom stereocenters. The summed E-state index contributed by atoms with van der Waals surface area (Å²) in [5.74, 6) is 0.0679. The summed E-state index contributed by atoms with van der Waals surface area (Å²) in [5, 5.41) is 9.25. The summed E-state index contributed by atoms with van der Waals surface area (Å²) in [4.78, 5) is 18.1. The highest BCUT2D eigenvalue weighted by molar-refractivity contribution is 5.78. The van der Waals surface area contributed by atoms with E-state index in [1.54, 1.807) is 0 Å². The molecule has 0 radical (unpaired) electrons. The second kappa shape index (κ2) is 8.32. The minimum absolute atomic E-state index is 0.224. The SMILES string of the molecule is Cc1ccccc1/C(=C/CCN1CCCC(C(=O)O)C1)c1nccn1C. The predicted molar refractivity (Wildman–Crippen MR) is 103 cm³/mol. The van der Waals surface area contributed by atoms with Gasteiger partial charge in [-0.05, 0) is 43.9 Å². The summed E-state index contributed by atoms with van der Waals surface area (Å²) in [6.45, 7) is 4.64. The van der Waals surface area contributed by atoms with Gasteiger partial charge in [0.05, 0.1) is 5.92 Å². The van der Waals surface area contributed by atoms with Gasteiger partial charge in [-0.3, -0.25) is 4.79 Å². The Morgan fingerprint density at radius 1 is 1.38 bits per heavy atom. The zero-order valence-corrected chi connectivity index (χ0v) is 15.6. The molecule has 2 aromatic rings. The Bertz CT molecular complexity index is 794. The highest BCUT2D eigenvalue weighted by Crippen LogP contribution is 2.25. The van der Waals surface area contributed by atoms with Crippen LogP contribution in [0.5, 0.6) is 0 Å². The third-order valence-electron chi connectivity index (χ3n) is 5.15. The van der Waals surface area contributed by atoms with E-state index in [2.05, 4.69) is 47.1 Å². The summed E-state index contributed by atoms with van der Waals surface area (Å²) >= 11 is 0. The number of rotatable bonds is 6. The van der Waals surface area contributed by atoms with Crippen LogP contribution in [-0.2, 0) is 11.8 Å². The molecule has 0 bridgehead atoms. The van der Waals surface area contributed by atoms with Gasteiger partial charge in [0.25, 0.3) is 0 Å². The molecule has 1 N–H and O–H groups in total. The summed E-state index contributed by atoms with van der Waals surface area (Å²) in [5.41, 5.74) is 3.57. The molecule has 1 aromatic heterocycles. The Hall–Kier alpha value is -2.40. The van der Waals surface area contributed by atoms with Crippen LogP contribution in [0.2, 0.25) is 0 Å². The fourth-order valence-corrected chi connectivity index (χ4v) is 3.67. The number of aliphatic carboxylic acids is 1. The van der Waals surface area contributed by atoms with Gasteiger partial charge in [-0.2, -0.15) is 0 Å². The number of aromatic nitrogens is 2. The first-order valence-electron chi connectivity index (χ1n) is 9.25. The van der Waals surface area contributed by atoms with Crippen molar-refractivity contribution in [2.75, 3.05) is 19.6 Å². The number of carboxylic acids is 1. The number of carbonyl (C=O) groups is 1. The monoisotopic (exact) mass is 353 g/mol. The van der Waals surface area contributed by atoms with Crippen LogP contribution in [-0.4, -0.2) is 45.2 Å². The van der Waals surface area contributed by atoms with Gasteiger partial charge in [0.1, 0.15) is 5.82 Å². The Kier molecular flexibility index (Phi) is 5.89. The molecule has 0 aliphatic carbocycles. The predicted octanol–water partition coefficient (Wildman–Crippen LogP) is 3.35. The molecular formula is C21H27N3O2. The van der Waals surface area contributed by atoms with Crippen molar-refractivity contribution in [3.63, 3.8) is 0 Å². The van der Waals surface area contributed by atoms with E-state index in [0.29, 0.717) is 6.54 Å². The van der Waals surface area contributed by atoms with E-state index in [9.17, 15) is 9.90 Å². The average molecular weight is 353 g/mol. The number of imidazole rings is 1. The maximum Gasteiger partial charge on any atom is 0.307 e. The van der Waals surface area contributed by atoms with E-state index in [-0.39, 0.29) is 5.92 Å². The zero-order chi connectivity index (χ0) is 18.5. The van der Waals surface area contributed by atoms with Crippen LogP contribution in [0.3, 0.4) is 0 Å². The average Bonchev–Trinajstić information content (AvgIpc) is 3.06. The molecule has 5 heteroatoms. The molecule has 1 aromatic carbocycles. The molecule has 3 rings (SSSR count). The summed E-state index contributed by atoms with van der Waals surface area (Å²) < 4.78 is 2.04. The largest absolute Gasteiger partial charge is 0.481 e. The van der Waals surface area contributed by atoms with Gasteiger partial charge in [0.2, 0.25) is 0 Å². The smallest absolute Gasteiger partial charge is 0.307 e. The van der Waals surface area contributed by atoms with Gasteiger partial charge in [-0.15, -0.1) is 0 Å². The lowest BCUT2D eigenvalue weighted by Gasteiger charge is -2.30. The molecule has 26 heavy (non-hydrogen) atoms. The van der Waals surface area contributed by atoms with Gasteiger partial charge < -0.3 is 14.6 Å². The van der Waals surface area contributed by atoms with Crippen molar-refractivity contribution in [2.45, 2.75) is 26.2 Å². The first-order valence-corrected chi connectivity index (χ1v) is 9.25. The molecule has 1 aliphatic heterocycles. The maximum absolute atomic E-state index is 11.2. The fraction of sp³-hybridized carbons (Fsp3) is 0.429. The van der Waals surface area contributed by atoms with Crippen LogP contribution in [0.1, 0.15) is 36.2 Å². The van der Waals surface area contributed by atoms with E-state index in [0.717, 1.165) is 43.7 Å². The number of likely N-dealkylation sites (tertiary alicyclic amines) is 1. The quantitative estimate of drug-likeness (QED) is 0.865. The van der Waals surface area contributed by atoms with E-state index in [1.165, 1.54) is 11.1 Å². The van der Waals surface area contributed by atoms with E-state index in [1.807, 2.05) is 24.0 Å². The molecular weight excluding hydrogens is 326 g/mol. The van der Waals surface area contributed by atoms with Crippen molar-refractivity contribution < 1.29 is 9.90 Å². The normalized spacial score (nSPS) is 18.8. The fourth-order valence-electron chi connectivity index (χ4n) is 3.67. The van der Waals surface area contributed by atoms with Crippen molar-refractivity contribution >= 4 is 11.5 Å². The lowest BCUT2D eigenvalue weighted by Crippen LogP contribution is -2.39. The standard InChI is InChI=1S/C21H27N3O2/c1-16-7-3-4-9-18(16)19(20-22-11-14-23(20)2)10-6-13-24-12-5-8-17(15-24)21(25)26/h3-4,7,9-11,14,17H,5-6,8,12-13,15H2,1-2H3,(H,25,26)/b19-10-. The number of hydrogen-bond acceptors (Lipinski definition) is 3. The number of hydrogen-bond donors (Lipinski definition) is 1. The second-order valence-electron chi connectivity index (χ2n) is 7.06. The molecule has 0 spiro atoms. The molecule has 1 fully saturated rings. The maximum atomic E-state index is 11.2. The van der Waals surface area contributed by atoms with Gasteiger partial charge >= 0.3 is 5.97 Å². The molecule has 0 amide bonds. The van der Waals surface area contributed by atoms with E-state index in [4.69, 9.17) is 0 Å². The number of piperidine rings is 1. The summed E-state index contributed by atoms with van der Waals surface area (Å²) in [6, 6.07) is 8.36. The molecule has 2 heterocycles. The van der Waals surface area contributed by atoms with Crippen LogP contribution < -0.4 is 0 Å². The first kappa shape index (κ1) is 18.4. The Morgan fingerprint density at radius 3 is 2.88 bits per heavy atom. The Labute approximate surface area is 155 Å². The summed E-state index contributed by atoms with van der Waals surface area (Å²) in [6.07, 6.45) is 8.67. The minimum atomic E-state index is -0.668. The lowest BCUT2D eigenvalue weighted by molar-refractivity contribution is -0.143.